The summed E-state index contributed by atoms with van der Waals surface area (Å²) >= 11 is 0. The third-order valence-corrected chi connectivity index (χ3v) is 4.15. The van der Waals surface area contributed by atoms with Gasteiger partial charge in [-0.2, -0.15) is 0 Å². The zero-order valence-electron chi connectivity index (χ0n) is 14.6. The first kappa shape index (κ1) is 17.8. The van der Waals surface area contributed by atoms with Crippen LogP contribution in [0.1, 0.15) is 44.9 Å². The quantitative estimate of drug-likeness (QED) is 0.574. The summed E-state index contributed by atoms with van der Waals surface area (Å²) in [6.45, 7) is 2.25. The second-order valence-corrected chi connectivity index (χ2v) is 5.85. The third-order valence-electron chi connectivity index (χ3n) is 4.15. The molecular weight excluding hydrogens is 324 g/mol. The average Bonchev–Trinajstić information content (AvgIpc) is 2.72. The van der Waals surface area contributed by atoms with Gasteiger partial charge < -0.3 is 4.74 Å². The molecule has 0 N–H and O–H groups in total. The summed E-state index contributed by atoms with van der Waals surface area (Å²) in [5.41, 5.74) is 2.11. The van der Waals surface area contributed by atoms with Crippen molar-refractivity contribution in [3.8, 4) is 0 Å². The smallest absolute Gasteiger partial charge is 0.196 e. The lowest BCUT2D eigenvalue weighted by Gasteiger charge is -2.18. The molecule has 0 saturated carbocycles. The highest BCUT2D eigenvalue weighted by Crippen LogP contribution is 2.25. The zero-order chi connectivity index (χ0) is 18.4. The van der Waals surface area contributed by atoms with Gasteiger partial charge in [0.15, 0.2) is 11.6 Å². The molecule has 0 radical (unpaired) electrons. The van der Waals surface area contributed by atoms with Crippen molar-refractivity contribution in [1.82, 2.24) is 0 Å². The number of ketones is 2. The molecule has 1 atom stereocenters. The Labute approximate surface area is 153 Å². The summed E-state index contributed by atoms with van der Waals surface area (Å²) in [6.07, 6.45) is -0.731. The van der Waals surface area contributed by atoms with Gasteiger partial charge >= 0.3 is 0 Å². The monoisotopic (exact) mass is 344 g/mol. The number of benzene rings is 3. The minimum absolute atomic E-state index is 0.169. The van der Waals surface area contributed by atoms with Crippen molar-refractivity contribution < 1.29 is 14.3 Å². The highest BCUT2D eigenvalue weighted by molar-refractivity contribution is 6.16. The van der Waals surface area contributed by atoms with Gasteiger partial charge in [0, 0.05) is 23.3 Å². The molecule has 3 rings (SSSR count). The van der Waals surface area contributed by atoms with Crippen LogP contribution in [-0.4, -0.2) is 18.2 Å². The van der Waals surface area contributed by atoms with Crippen molar-refractivity contribution in [2.45, 2.75) is 13.0 Å². The highest BCUT2D eigenvalue weighted by Gasteiger charge is 2.26. The van der Waals surface area contributed by atoms with Gasteiger partial charge in [0.25, 0.3) is 0 Å². The Morgan fingerprint density at radius 2 is 1.31 bits per heavy atom. The van der Waals surface area contributed by atoms with Crippen LogP contribution < -0.4 is 0 Å². The van der Waals surface area contributed by atoms with Crippen LogP contribution in [0.3, 0.4) is 0 Å². The van der Waals surface area contributed by atoms with E-state index in [0.29, 0.717) is 23.3 Å². The molecule has 1 unspecified atom stereocenters. The van der Waals surface area contributed by atoms with Gasteiger partial charge in [-0.3, -0.25) is 9.59 Å². The molecule has 0 aliphatic carbocycles. The average molecular weight is 344 g/mol. The lowest BCUT2D eigenvalue weighted by molar-refractivity contribution is 0.0451. The predicted octanol–water partition coefficient (Wildman–Crippen LogP) is 4.88. The van der Waals surface area contributed by atoms with E-state index in [1.165, 1.54) is 0 Å². The lowest BCUT2D eigenvalue weighted by atomic mass is 9.92. The molecule has 0 saturated heterocycles. The molecule has 0 bridgehead atoms. The van der Waals surface area contributed by atoms with E-state index in [4.69, 9.17) is 4.74 Å². The third kappa shape index (κ3) is 3.79. The van der Waals surface area contributed by atoms with E-state index in [0.717, 1.165) is 5.56 Å². The summed E-state index contributed by atoms with van der Waals surface area (Å²) in [5, 5.41) is 0. The van der Waals surface area contributed by atoms with Crippen LogP contribution in [0, 0.1) is 0 Å². The van der Waals surface area contributed by atoms with Crippen molar-refractivity contribution in [3.05, 3.63) is 107 Å². The van der Waals surface area contributed by atoms with E-state index in [-0.39, 0.29) is 11.6 Å². The van der Waals surface area contributed by atoms with Crippen molar-refractivity contribution in [2.24, 2.45) is 0 Å². The molecule has 0 aliphatic rings. The molecule has 3 nitrogen and oxygen atoms in total. The minimum Gasteiger partial charge on any atom is -0.366 e. The molecule has 0 spiro atoms. The van der Waals surface area contributed by atoms with Gasteiger partial charge in [-0.15, -0.1) is 0 Å². The second-order valence-electron chi connectivity index (χ2n) is 5.85. The first-order valence-corrected chi connectivity index (χ1v) is 8.62. The Bertz CT molecular complexity index is 886. The number of carbonyl (C=O) groups excluding carboxylic acids is 2. The lowest BCUT2D eigenvalue weighted by Crippen LogP contribution is -2.19. The van der Waals surface area contributed by atoms with Crippen LogP contribution in [0.5, 0.6) is 0 Å². The van der Waals surface area contributed by atoms with E-state index in [1.54, 1.807) is 36.4 Å². The SMILES string of the molecule is CCOC(C(=O)c1ccccc1C(=O)c1ccccc1)c1ccccc1. The molecule has 130 valence electrons. The van der Waals surface area contributed by atoms with Crippen molar-refractivity contribution >= 4 is 11.6 Å². The van der Waals surface area contributed by atoms with E-state index >= 15 is 0 Å². The fraction of sp³-hybridized carbons (Fsp3) is 0.130. The minimum atomic E-state index is -0.731. The van der Waals surface area contributed by atoms with Crippen molar-refractivity contribution in [3.63, 3.8) is 0 Å². The van der Waals surface area contributed by atoms with Crippen molar-refractivity contribution in [2.75, 3.05) is 6.61 Å². The van der Waals surface area contributed by atoms with Crippen LogP contribution in [0.25, 0.3) is 0 Å². The Morgan fingerprint density at radius 1 is 0.769 bits per heavy atom. The fourth-order valence-electron chi connectivity index (χ4n) is 2.90. The maximum atomic E-state index is 13.2. The second kappa shape index (κ2) is 8.37. The number of carbonyl (C=O) groups is 2. The van der Waals surface area contributed by atoms with Gasteiger partial charge in [0.2, 0.25) is 0 Å². The van der Waals surface area contributed by atoms with Crippen LogP contribution in [0.2, 0.25) is 0 Å². The number of hydrogen-bond acceptors (Lipinski definition) is 3. The zero-order valence-corrected chi connectivity index (χ0v) is 14.6. The van der Waals surface area contributed by atoms with Gasteiger partial charge in [-0.05, 0) is 12.5 Å². The molecule has 3 heteroatoms. The molecule has 3 aromatic rings. The molecule has 0 amide bonds. The standard InChI is InChI=1S/C23H20O3/c1-2-26-23(18-13-7-4-8-14-18)22(25)20-16-10-9-15-19(20)21(24)17-11-5-3-6-12-17/h3-16,23H,2H2,1H3. The van der Waals surface area contributed by atoms with E-state index in [1.807, 2.05) is 55.5 Å². The molecule has 3 aromatic carbocycles. The van der Waals surface area contributed by atoms with Crippen LogP contribution in [-0.2, 0) is 4.74 Å². The van der Waals surface area contributed by atoms with Gasteiger partial charge in [0.05, 0.1) is 0 Å². The number of Topliss-reactive ketones (excluding diaryl/α,β-unsaturated/α-hetero) is 1. The summed E-state index contributed by atoms with van der Waals surface area (Å²) in [4.78, 5) is 26.1. The van der Waals surface area contributed by atoms with Gasteiger partial charge in [0.1, 0.15) is 6.10 Å². The Morgan fingerprint density at radius 3 is 1.92 bits per heavy atom. The molecule has 0 aromatic heterocycles. The first-order valence-electron chi connectivity index (χ1n) is 8.62. The van der Waals surface area contributed by atoms with E-state index < -0.39 is 6.10 Å². The van der Waals surface area contributed by atoms with Crippen LogP contribution in [0.15, 0.2) is 84.9 Å². The summed E-state index contributed by atoms with van der Waals surface area (Å²) < 4.78 is 5.72. The maximum absolute atomic E-state index is 13.2. The van der Waals surface area contributed by atoms with E-state index in [2.05, 4.69) is 0 Å². The predicted molar refractivity (Wildman–Crippen MR) is 101 cm³/mol. The first-order chi connectivity index (χ1) is 12.7. The molecule has 0 aliphatic heterocycles. The topological polar surface area (TPSA) is 43.4 Å². The summed E-state index contributed by atoms with van der Waals surface area (Å²) in [6, 6.07) is 25.2. The Balaban J connectivity index is 2.01. The van der Waals surface area contributed by atoms with Crippen LogP contribution >= 0.6 is 0 Å². The molecule has 0 fully saturated rings. The number of rotatable bonds is 7. The molecule has 26 heavy (non-hydrogen) atoms. The van der Waals surface area contributed by atoms with E-state index in [9.17, 15) is 9.59 Å². The van der Waals surface area contributed by atoms with Gasteiger partial charge in [-0.1, -0.05) is 84.9 Å². The molecule has 0 heterocycles. The fourth-order valence-corrected chi connectivity index (χ4v) is 2.90. The Kier molecular flexibility index (Phi) is 5.72. The highest BCUT2D eigenvalue weighted by atomic mass is 16.5. The Hall–Kier alpha value is -3.04. The summed E-state index contributed by atoms with van der Waals surface area (Å²) in [5.74, 6) is -0.379. The van der Waals surface area contributed by atoms with Gasteiger partial charge in [-0.25, -0.2) is 0 Å². The van der Waals surface area contributed by atoms with Crippen LogP contribution in [0.4, 0.5) is 0 Å². The number of hydrogen-bond donors (Lipinski definition) is 0. The summed E-state index contributed by atoms with van der Waals surface area (Å²) in [7, 11) is 0. The normalized spacial score (nSPS) is 11.7. The van der Waals surface area contributed by atoms with Crippen molar-refractivity contribution in [1.29, 1.82) is 0 Å². The molecular formula is C23H20O3. The maximum Gasteiger partial charge on any atom is 0.196 e. The largest absolute Gasteiger partial charge is 0.366 e. The number of ether oxygens (including phenoxy) is 1.